The van der Waals surface area contributed by atoms with Crippen molar-refractivity contribution in [2.45, 2.75) is 110 Å². The Morgan fingerprint density at radius 1 is 0.527 bits per heavy atom. The van der Waals surface area contributed by atoms with Gasteiger partial charge in [-0.25, -0.2) is 42.6 Å². The molecule has 0 aliphatic carbocycles. The van der Waals surface area contributed by atoms with E-state index in [0.717, 1.165) is 105 Å². The van der Waals surface area contributed by atoms with Crippen molar-refractivity contribution < 1.29 is 52.0 Å². The van der Waals surface area contributed by atoms with Gasteiger partial charge in [-0.15, -0.1) is 0 Å². The van der Waals surface area contributed by atoms with Crippen molar-refractivity contribution in [3.05, 3.63) is 221 Å². The number of aryl methyl sites for hydroxylation is 1. The average molecular weight is 1520 g/mol. The maximum Gasteiger partial charge on any atom is 0.264 e. The van der Waals surface area contributed by atoms with Gasteiger partial charge in [-0.3, -0.25) is 28.1 Å². The summed E-state index contributed by atoms with van der Waals surface area (Å²) in [5.41, 5.74) is 15.7. The number of morpholine rings is 3. The van der Waals surface area contributed by atoms with Gasteiger partial charge in [-0.1, -0.05) is 30.3 Å². The molecule has 112 heavy (non-hydrogen) atoms. The third-order valence-electron chi connectivity index (χ3n) is 21.5. The van der Waals surface area contributed by atoms with Crippen LogP contribution in [0.15, 0.2) is 165 Å². The molecule has 6 aliphatic rings. The molecule has 0 spiro atoms. The molecule has 3 amide bonds. The smallest absolute Gasteiger partial charge is 0.264 e. The highest BCUT2D eigenvalue weighted by Gasteiger charge is 2.36. The Bertz CT molecular complexity index is 5570. The molecule has 3 aromatic carbocycles. The van der Waals surface area contributed by atoms with Gasteiger partial charge in [0.1, 0.15) is 46.8 Å². The number of pyridine rings is 6. The van der Waals surface area contributed by atoms with Crippen LogP contribution in [-0.4, -0.2) is 165 Å². The molecule has 4 atom stereocenters. The number of halogens is 3. The molecule has 0 saturated carbocycles. The predicted octanol–water partition coefficient (Wildman–Crippen LogP) is 12.3. The third kappa shape index (κ3) is 15.0. The fraction of sp³-hybridized carbons (Fsp3) is 0.313. The summed E-state index contributed by atoms with van der Waals surface area (Å²) in [5.74, 6) is 1.11. The lowest BCUT2D eigenvalue weighted by Gasteiger charge is -2.39. The van der Waals surface area contributed by atoms with Gasteiger partial charge in [-0.2, -0.15) is 5.10 Å². The number of aromatic nitrogens is 9. The van der Waals surface area contributed by atoms with Gasteiger partial charge in [-0.05, 0) is 155 Å². The van der Waals surface area contributed by atoms with E-state index < -0.39 is 17.6 Å². The number of amides is 3. The second kappa shape index (κ2) is 30.4. The first-order chi connectivity index (χ1) is 53.9. The topological polar surface area (TPSA) is 292 Å². The van der Waals surface area contributed by atoms with E-state index in [0.29, 0.717) is 115 Å². The third-order valence-corrected chi connectivity index (χ3v) is 21.5. The summed E-state index contributed by atoms with van der Waals surface area (Å²) in [6.07, 6.45) is 13.0. The van der Waals surface area contributed by atoms with Gasteiger partial charge >= 0.3 is 0 Å². The summed E-state index contributed by atoms with van der Waals surface area (Å²) in [4.78, 5) is 67.6. The molecular weight excluding hydrogens is 1430 g/mol. The number of alkyl halides is 2. The van der Waals surface area contributed by atoms with Crippen molar-refractivity contribution in [2.24, 2.45) is 0 Å². The number of carbonyl (C=O) groups excluding carboxylic acids is 3. The number of anilines is 8. The number of nitrogens with zero attached hydrogens (tertiary/aromatic N) is 12. The van der Waals surface area contributed by atoms with Crippen LogP contribution < -0.4 is 41.7 Å². The maximum atomic E-state index is 13.6. The highest BCUT2D eigenvalue weighted by atomic mass is 19.3. The Morgan fingerprint density at radius 2 is 1.02 bits per heavy atom. The first-order valence-electron chi connectivity index (χ1n) is 37.3. The standard InChI is InChI=1S/C28H28F2N6O3.C28H30N6O3.C27H27FN6O2/c1-28(2,38)22-15-35(9-10-39-22)17-3-6-23(31-12-17)34-20-5-4-18(19-13-33-27(37)25(19)20)21-14-32-24-11-16(26(29)30)7-8-36(21)24;1-17-4-8-23-20(14-31-34(23)15-17)19-6-7-22(26-21(19)13-30-27(26)35)32-25-9-5-18(12-29-25)33-10-11-37-24(16-33)28(2,3)36;1-16-15-33(9-10-36-16)17(2)18-3-6-24(29-12-18)32-22-5-4-20(21-13-31-27(35)26(21)22)23-14-30-25-11-19(28)7-8-34(23)25/h3-8,11-12,14,22,26,38H,9-10,13,15H2,1-2H3,(H,31,34)(H,33,37);4-9,12,14-15,24,36H,10-11,13,16H2,1-3H3,(H,29,32)(H,30,35);3-8,11-12,14,16-17H,9-10,13,15H2,1-2H3,(H,29,32)(H,31,35)/t22-;24-;16-,17-/m000/s1. The number of imidazole rings is 2. The first-order valence-corrected chi connectivity index (χ1v) is 37.3. The second-order valence-electron chi connectivity index (χ2n) is 30.0. The molecule has 18 rings (SSSR count). The van der Waals surface area contributed by atoms with Gasteiger partial charge in [0.05, 0.1) is 130 Å². The zero-order valence-electron chi connectivity index (χ0n) is 62.8. The SMILES string of the molecule is CC(C)(O)[C@@H]1CN(c2ccc(Nc3ccc(-c4cnc5cc(C(F)F)ccn45)c4c3C(=O)NC4)nc2)CCO1.C[C@H]1CN([C@@H](C)c2ccc(Nc3ccc(-c4cnc5cc(F)ccn45)c4c3C(=O)NC4)nc2)CCO1.Cc1ccc2c(-c3ccc(Nc4ccc(N5CCO[C@H](C(C)(C)O)C5)cn4)c4c3CNC4=O)cnn2c1. The van der Waals surface area contributed by atoms with Gasteiger partial charge < -0.3 is 66.1 Å². The van der Waals surface area contributed by atoms with Crippen LogP contribution in [0.1, 0.15) is 118 Å². The molecule has 29 heteroatoms. The molecule has 0 radical (unpaired) electrons. The summed E-state index contributed by atoms with van der Waals surface area (Å²) in [6, 6.07) is 33.1. The molecule has 12 aromatic rings. The van der Waals surface area contributed by atoms with Crippen LogP contribution in [0.5, 0.6) is 0 Å². The van der Waals surface area contributed by atoms with Crippen LogP contribution in [-0.2, 0) is 33.8 Å². The molecule has 3 saturated heterocycles. The Balaban J connectivity index is 0.000000127. The Kier molecular flexibility index (Phi) is 20.2. The molecule has 0 unspecified atom stereocenters. The van der Waals surface area contributed by atoms with E-state index in [2.05, 4.69) is 109 Å². The minimum absolute atomic E-state index is 0.0922. The number of hydrogen-bond acceptors (Lipinski definition) is 20. The number of benzene rings is 3. The Labute approximate surface area is 643 Å². The molecule has 9 aromatic heterocycles. The van der Waals surface area contributed by atoms with Crippen LogP contribution >= 0.6 is 0 Å². The van der Waals surface area contributed by atoms with Gasteiger partial charge in [0.25, 0.3) is 24.1 Å². The summed E-state index contributed by atoms with van der Waals surface area (Å²) in [6.45, 7) is 20.7. The number of carbonyl (C=O) groups is 3. The lowest BCUT2D eigenvalue weighted by atomic mass is 9.96. The maximum absolute atomic E-state index is 13.6. The van der Waals surface area contributed by atoms with Crippen LogP contribution in [0.2, 0.25) is 0 Å². The zero-order chi connectivity index (χ0) is 77.9. The predicted molar refractivity (Wildman–Crippen MR) is 420 cm³/mol. The average Bonchev–Trinajstić information content (AvgIpc) is 1.61. The van der Waals surface area contributed by atoms with E-state index in [4.69, 9.17) is 14.2 Å². The molecule has 576 valence electrons. The molecule has 0 bridgehead atoms. The molecular formula is C83H85F3N18O8. The lowest BCUT2D eigenvalue weighted by molar-refractivity contribution is -0.0928. The summed E-state index contributed by atoms with van der Waals surface area (Å²) < 4.78 is 62.5. The molecule has 26 nitrogen and oxygen atoms in total. The largest absolute Gasteiger partial charge is 0.388 e. The fourth-order valence-corrected chi connectivity index (χ4v) is 15.3. The fourth-order valence-electron chi connectivity index (χ4n) is 15.3. The number of ether oxygens (including phenoxy) is 3. The van der Waals surface area contributed by atoms with Crippen molar-refractivity contribution >= 4 is 80.4 Å². The minimum atomic E-state index is -2.58. The van der Waals surface area contributed by atoms with E-state index >= 15 is 0 Å². The number of fused-ring (bicyclic) bond motifs is 6. The number of nitrogens with one attached hydrogen (secondary N) is 6. The van der Waals surface area contributed by atoms with E-state index in [1.807, 2.05) is 107 Å². The lowest BCUT2D eigenvalue weighted by Crippen LogP contribution is -2.52. The molecule has 6 aliphatic heterocycles. The number of aliphatic hydroxyl groups is 2. The highest BCUT2D eigenvalue weighted by molar-refractivity contribution is 6.08. The minimum Gasteiger partial charge on any atom is -0.388 e. The van der Waals surface area contributed by atoms with Crippen LogP contribution in [0, 0.1) is 12.7 Å². The molecule has 8 N–H and O–H groups in total. The van der Waals surface area contributed by atoms with Crippen LogP contribution in [0.25, 0.3) is 50.5 Å². The van der Waals surface area contributed by atoms with Crippen molar-refractivity contribution in [1.82, 2.24) is 64.2 Å². The van der Waals surface area contributed by atoms with E-state index in [1.165, 1.54) is 24.3 Å². The zero-order valence-corrected chi connectivity index (χ0v) is 62.8. The van der Waals surface area contributed by atoms with Crippen molar-refractivity contribution in [3.8, 4) is 33.6 Å². The first kappa shape index (κ1) is 74.2. The van der Waals surface area contributed by atoms with Crippen molar-refractivity contribution in [3.63, 3.8) is 0 Å². The number of rotatable bonds is 16. The Morgan fingerprint density at radius 3 is 1.51 bits per heavy atom. The van der Waals surface area contributed by atoms with Gasteiger partial charge in [0.2, 0.25) is 0 Å². The van der Waals surface area contributed by atoms with Gasteiger partial charge in [0.15, 0.2) is 0 Å². The van der Waals surface area contributed by atoms with Crippen molar-refractivity contribution in [2.75, 3.05) is 84.8 Å². The van der Waals surface area contributed by atoms with E-state index in [9.17, 15) is 37.8 Å². The summed E-state index contributed by atoms with van der Waals surface area (Å²) in [5, 5.41) is 43.9. The number of hydrogen-bond donors (Lipinski definition) is 8. The van der Waals surface area contributed by atoms with Gasteiger partial charge in [0, 0.05) is 118 Å². The summed E-state index contributed by atoms with van der Waals surface area (Å²) >= 11 is 0. The highest BCUT2D eigenvalue weighted by Crippen LogP contribution is 2.41. The normalized spacial score (nSPS) is 18.0. The second-order valence-corrected chi connectivity index (χ2v) is 30.0. The quantitative estimate of drug-likeness (QED) is 0.0446. The molecule has 15 heterocycles. The van der Waals surface area contributed by atoms with Crippen LogP contribution in [0.4, 0.5) is 59.1 Å². The molecule has 3 fully saturated rings. The van der Waals surface area contributed by atoms with Crippen molar-refractivity contribution in [1.29, 1.82) is 0 Å². The Hall–Kier alpha value is -11.9. The van der Waals surface area contributed by atoms with E-state index in [-0.39, 0.29) is 53.5 Å². The summed E-state index contributed by atoms with van der Waals surface area (Å²) in [7, 11) is 0. The monoisotopic (exact) mass is 1520 g/mol. The van der Waals surface area contributed by atoms with Crippen LogP contribution in [0.3, 0.4) is 0 Å². The van der Waals surface area contributed by atoms with E-state index in [1.54, 1.807) is 63.1 Å².